The molecular formula is C14H17N5. The first-order valence-corrected chi connectivity index (χ1v) is 6.29. The quantitative estimate of drug-likeness (QED) is 0.736. The van der Waals surface area contributed by atoms with Crippen molar-refractivity contribution in [2.45, 2.75) is 20.4 Å². The van der Waals surface area contributed by atoms with E-state index in [2.05, 4.69) is 34.0 Å². The molecule has 0 amide bonds. The minimum Gasteiger partial charge on any atom is -0.342 e. The van der Waals surface area contributed by atoms with Crippen LogP contribution in [0.4, 0.5) is 0 Å². The number of nitrogens with two attached hydrogens (primary N) is 1. The fraction of sp³-hybridized carbons (Fsp3) is 0.286. The van der Waals surface area contributed by atoms with Crippen molar-refractivity contribution in [1.29, 1.82) is 0 Å². The SMILES string of the molecule is Cc1nc2ccc(-c3nc(CN)n(C)c3C)cc2[nH]1. The highest BCUT2D eigenvalue weighted by atomic mass is 15.1. The molecule has 0 atom stereocenters. The van der Waals surface area contributed by atoms with Gasteiger partial charge in [0, 0.05) is 18.3 Å². The zero-order chi connectivity index (χ0) is 13.6. The van der Waals surface area contributed by atoms with Crippen LogP contribution >= 0.6 is 0 Å². The van der Waals surface area contributed by atoms with Crippen LogP contribution < -0.4 is 5.73 Å². The Labute approximate surface area is 111 Å². The third-order valence-corrected chi connectivity index (χ3v) is 3.53. The molecule has 0 aliphatic carbocycles. The zero-order valence-corrected chi connectivity index (χ0v) is 11.4. The lowest BCUT2D eigenvalue weighted by Gasteiger charge is -2.01. The second-order valence-electron chi connectivity index (χ2n) is 4.78. The van der Waals surface area contributed by atoms with Crippen molar-refractivity contribution < 1.29 is 0 Å². The summed E-state index contributed by atoms with van der Waals surface area (Å²) in [6.07, 6.45) is 0. The number of nitrogens with one attached hydrogen (secondary N) is 1. The third kappa shape index (κ3) is 1.82. The predicted octanol–water partition coefficient (Wildman–Crippen LogP) is 2.04. The molecule has 0 saturated carbocycles. The molecule has 2 heterocycles. The van der Waals surface area contributed by atoms with Gasteiger partial charge in [-0.05, 0) is 26.0 Å². The van der Waals surface area contributed by atoms with E-state index in [-0.39, 0.29) is 0 Å². The lowest BCUT2D eigenvalue weighted by Crippen LogP contribution is -2.05. The lowest BCUT2D eigenvalue weighted by atomic mass is 10.1. The van der Waals surface area contributed by atoms with E-state index < -0.39 is 0 Å². The highest BCUT2D eigenvalue weighted by Gasteiger charge is 2.12. The molecule has 2 aromatic heterocycles. The van der Waals surface area contributed by atoms with Crippen molar-refractivity contribution in [3.8, 4) is 11.3 Å². The maximum absolute atomic E-state index is 5.71. The molecule has 98 valence electrons. The smallest absolute Gasteiger partial charge is 0.123 e. The number of hydrogen-bond acceptors (Lipinski definition) is 3. The fourth-order valence-electron chi connectivity index (χ4n) is 2.38. The summed E-state index contributed by atoms with van der Waals surface area (Å²) in [5.41, 5.74) is 10.9. The summed E-state index contributed by atoms with van der Waals surface area (Å²) in [6, 6.07) is 6.16. The standard InChI is InChI=1S/C14H17N5/c1-8-14(18-13(7-15)19(8)3)10-4-5-11-12(6-10)17-9(2)16-11/h4-6H,7,15H2,1-3H3,(H,16,17). The molecule has 5 nitrogen and oxygen atoms in total. The first kappa shape index (κ1) is 11.9. The van der Waals surface area contributed by atoms with Gasteiger partial charge in [0.05, 0.1) is 23.3 Å². The molecule has 0 aliphatic rings. The molecule has 0 spiro atoms. The summed E-state index contributed by atoms with van der Waals surface area (Å²) in [7, 11) is 1.99. The Bertz CT molecular complexity index is 751. The summed E-state index contributed by atoms with van der Waals surface area (Å²) in [5, 5.41) is 0. The average Bonchev–Trinajstić information content (AvgIpc) is 2.90. The predicted molar refractivity (Wildman–Crippen MR) is 75.7 cm³/mol. The van der Waals surface area contributed by atoms with Gasteiger partial charge in [0.25, 0.3) is 0 Å². The summed E-state index contributed by atoms with van der Waals surface area (Å²) in [5.74, 6) is 1.82. The molecule has 5 heteroatoms. The number of fused-ring (bicyclic) bond motifs is 1. The van der Waals surface area contributed by atoms with Crippen LogP contribution in [0.5, 0.6) is 0 Å². The second kappa shape index (κ2) is 4.20. The van der Waals surface area contributed by atoms with Crippen LogP contribution in [0.1, 0.15) is 17.3 Å². The van der Waals surface area contributed by atoms with Gasteiger partial charge in [0.15, 0.2) is 0 Å². The van der Waals surface area contributed by atoms with E-state index in [1.807, 2.05) is 24.6 Å². The highest BCUT2D eigenvalue weighted by molar-refractivity contribution is 5.81. The number of rotatable bonds is 2. The molecule has 0 radical (unpaired) electrons. The number of aromatic amines is 1. The van der Waals surface area contributed by atoms with Crippen molar-refractivity contribution in [2.24, 2.45) is 12.8 Å². The number of aromatic nitrogens is 4. The van der Waals surface area contributed by atoms with E-state index in [0.29, 0.717) is 6.54 Å². The lowest BCUT2D eigenvalue weighted by molar-refractivity contribution is 0.774. The molecule has 1 aromatic carbocycles. The van der Waals surface area contributed by atoms with Crippen molar-refractivity contribution >= 4 is 11.0 Å². The number of benzene rings is 1. The number of H-pyrrole nitrogens is 1. The van der Waals surface area contributed by atoms with E-state index >= 15 is 0 Å². The van der Waals surface area contributed by atoms with Gasteiger partial charge >= 0.3 is 0 Å². The third-order valence-electron chi connectivity index (χ3n) is 3.53. The largest absolute Gasteiger partial charge is 0.342 e. The maximum Gasteiger partial charge on any atom is 0.123 e. The van der Waals surface area contributed by atoms with E-state index in [4.69, 9.17) is 5.73 Å². The van der Waals surface area contributed by atoms with Crippen LogP contribution in [0.25, 0.3) is 22.3 Å². The van der Waals surface area contributed by atoms with Gasteiger partial charge in [0.2, 0.25) is 0 Å². The summed E-state index contributed by atoms with van der Waals surface area (Å²) >= 11 is 0. The molecule has 0 aliphatic heterocycles. The van der Waals surface area contributed by atoms with Crippen LogP contribution in [0.3, 0.4) is 0 Å². The van der Waals surface area contributed by atoms with E-state index in [1.165, 1.54) is 0 Å². The fourth-order valence-corrected chi connectivity index (χ4v) is 2.38. The molecule has 0 bridgehead atoms. The van der Waals surface area contributed by atoms with Gasteiger partial charge in [-0.3, -0.25) is 0 Å². The molecule has 3 aromatic rings. The number of imidazole rings is 2. The molecule has 0 saturated heterocycles. The molecule has 3 N–H and O–H groups in total. The molecule has 3 rings (SSSR count). The average molecular weight is 255 g/mol. The van der Waals surface area contributed by atoms with Gasteiger partial charge in [-0.15, -0.1) is 0 Å². The Kier molecular flexibility index (Phi) is 2.64. The first-order chi connectivity index (χ1) is 9.10. The number of nitrogens with zero attached hydrogens (tertiary/aromatic N) is 3. The molecule has 0 unspecified atom stereocenters. The van der Waals surface area contributed by atoms with Gasteiger partial charge in [-0.25, -0.2) is 9.97 Å². The van der Waals surface area contributed by atoms with Crippen molar-refractivity contribution in [2.75, 3.05) is 0 Å². The Morgan fingerprint density at radius 3 is 2.74 bits per heavy atom. The normalized spacial score (nSPS) is 11.4. The molecular weight excluding hydrogens is 238 g/mol. The van der Waals surface area contributed by atoms with Crippen molar-refractivity contribution in [3.63, 3.8) is 0 Å². The van der Waals surface area contributed by atoms with Gasteiger partial charge in [-0.1, -0.05) is 6.07 Å². The first-order valence-electron chi connectivity index (χ1n) is 6.29. The summed E-state index contributed by atoms with van der Waals surface area (Å²) in [4.78, 5) is 12.3. The topological polar surface area (TPSA) is 72.5 Å². The van der Waals surface area contributed by atoms with Crippen LogP contribution in [-0.2, 0) is 13.6 Å². The monoisotopic (exact) mass is 255 g/mol. The molecule has 19 heavy (non-hydrogen) atoms. The summed E-state index contributed by atoms with van der Waals surface area (Å²) < 4.78 is 2.04. The van der Waals surface area contributed by atoms with Crippen LogP contribution in [0.15, 0.2) is 18.2 Å². The van der Waals surface area contributed by atoms with E-state index in [0.717, 1.165) is 39.6 Å². The van der Waals surface area contributed by atoms with Crippen LogP contribution in [-0.4, -0.2) is 19.5 Å². The minimum atomic E-state index is 0.447. The van der Waals surface area contributed by atoms with Gasteiger partial charge < -0.3 is 15.3 Å². The van der Waals surface area contributed by atoms with E-state index in [9.17, 15) is 0 Å². The highest BCUT2D eigenvalue weighted by Crippen LogP contribution is 2.25. The van der Waals surface area contributed by atoms with Gasteiger partial charge in [-0.2, -0.15) is 0 Å². The zero-order valence-electron chi connectivity index (χ0n) is 11.4. The maximum atomic E-state index is 5.71. The second-order valence-corrected chi connectivity index (χ2v) is 4.78. The number of aryl methyl sites for hydroxylation is 1. The van der Waals surface area contributed by atoms with Crippen molar-refractivity contribution in [3.05, 3.63) is 35.5 Å². The van der Waals surface area contributed by atoms with Crippen LogP contribution in [0, 0.1) is 13.8 Å². The number of hydrogen-bond donors (Lipinski definition) is 2. The Hall–Kier alpha value is -2.14. The Morgan fingerprint density at radius 2 is 2.05 bits per heavy atom. The Morgan fingerprint density at radius 1 is 1.26 bits per heavy atom. The van der Waals surface area contributed by atoms with Crippen LogP contribution in [0.2, 0.25) is 0 Å². The van der Waals surface area contributed by atoms with Crippen molar-refractivity contribution in [1.82, 2.24) is 19.5 Å². The minimum absolute atomic E-state index is 0.447. The molecule has 0 fully saturated rings. The summed E-state index contributed by atoms with van der Waals surface area (Å²) in [6.45, 7) is 4.46. The van der Waals surface area contributed by atoms with E-state index in [1.54, 1.807) is 0 Å². The van der Waals surface area contributed by atoms with Gasteiger partial charge in [0.1, 0.15) is 11.6 Å². The Balaban J connectivity index is 2.18.